The van der Waals surface area contributed by atoms with Gasteiger partial charge in [-0.25, -0.2) is 0 Å². The van der Waals surface area contributed by atoms with Crippen LogP contribution in [-0.4, -0.2) is 20.7 Å². The van der Waals surface area contributed by atoms with Gasteiger partial charge in [-0.2, -0.15) is 0 Å². The zero-order valence-corrected chi connectivity index (χ0v) is 28.8. The molecule has 44 heavy (non-hydrogen) atoms. The molecule has 1 heterocycles. The highest BCUT2D eigenvalue weighted by atomic mass is 28.4. The van der Waals surface area contributed by atoms with Crippen molar-refractivity contribution in [3.63, 3.8) is 0 Å². The van der Waals surface area contributed by atoms with Crippen molar-refractivity contribution in [3.8, 4) is 11.5 Å². The number of furan rings is 1. The Morgan fingerprint density at radius 3 is 2.00 bits per heavy atom. The second-order valence-electron chi connectivity index (χ2n) is 13.4. The highest BCUT2D eigenvalue weighted by molar-refractivity contribution is 6.74. The van der Waals surface area contributed by atoms with Crippen LogP contribution in [0.2, 0.25) is 18.1 Å². The van der Waals surface area contributed by atoms with Gasteiger partial charge in [-0.15, -0.1) is 0 Å². The van der Waals surface area contributed by atoms with Crippen molar-refractivity contribution in [3.05, 3.63) is 95.1 Å². The van der Waals surface area contributed by atoms with Crippen LogP contribution in [0.25, 0.3) is 0 Å². The van der Waals surface area contributed by atoms with Crippen molar-refractivity contribution in [1.82, 2.24) is 0 Å². The molecule has 0 amide bonds. The number of carbonyl (C=O) groups is 1. The summed E-state index contributed by atoms with van der Waals surface area (Å²) in [4.78, 5) is 13.2. The van der Waals surface area contributed by atoms with E-state index in [1.54, 1.807) is 6.08 Å². The fourth-order valence-electron chi connectivity index (χ4n) is 5.39. The van der Waals surface area contributed by atoms with E-state index in [4.69, 9.17) is 23.1 Å². The Balaban J connectivity index is 1.68. The third kappa shape index (κ3) is 8.45. The van der Waals surface area contributed by atoms with Gasteiger partial charge in [0, 0.05) is 18.4 Å². The van der Waals surface area contributed by atoms with Gasteiger partial charge in [-0.05, 0) is 61.9 Å². The zero-order valence-electron chi connectivity index (χ0n) is 27.8. The third-order valence-corrected chi connectivity index (χ3v) is 13.4. The van der Waals surface area contributed by atoms with Crippen LogP contribution < -0.4 is 9.47 Å². The van der Waals surface area contributed by atoms with Gasteiger partial charge < -0.3 is 23.1 Å². The van der Waals surface area contributed by atoms with E-state index >= 15 is 0 Å². The van der Waals surface area contributed by atoms with Crippen LogP contribution in [0.3, 0.4) is 0 Å². The minimum Gasteiger partial charge on any atom is -0.498 e. The Morgan fingerprint density at radius 2 is 1.48 bits per heavy atom. The van der Waals surface area contributed by atoms with E-state index in [9.17, 15) is 4.79 Å². The molecular weight excluding hydrogens is 568 g/mol. The monoisotopic (exact) mass is 618 g/mol. The molecule has 0 fully saturated rings. The lowest BCUT2D eigenvalue weighted by molar-refractivity contribution is -0.121. The molecule has 1 aliphatic carbocycles. The van der Waals surface area contributed by atoms with Crippen molar-refractivity contribution in [2.24, 2.45) is 11.8 Å². The van der Waals surface area contributed by atoms with Crippen LogP contribution in [0.1, 0.15) is 82.6 Å². The molecule has 0 spiro atoms. The quantitative estimate of drug-likeness (QED) is 0.168. The van der Waals surface area contributed by atoms with Crippen LogP contribution in [0, 0.1) is 18.8 Å². The van der Waals surface area contributed by atoms with E-state index in [0.717, 1.165) is 23.3 Å². The molecule has 0 radical (unpaired) electrons. The Morgan fingerprint density at radius 1 is 0.909 bits per heavy atom. The van der Waals surface area contributed by atoms with Crippen LogP contribution in [-0.2, 0) is 27.2 Å². The smallest absolute Gasteiger partial charge is 0.206 e. The fraction of sp³-hybridized carbons (Fsp3) is 0.486. The first-order valence-corrected chi connectivity index (χ1v) is 18.8. The summed E-state index contributed by atoms with van der Waals surface area (Å²) in [6.45, 7) is 18.5. The largest absolute Gasteiger partial charge is 0.498 e. The van der Waals surface area contributed by atoms with Crippen molar-refractivity contribution in [2.75, 3.05) is 6.61 Å². The van der Waals surface area contributed by atoms with Crippen LogP contribution in [0.15, 0.2) is 76.9 Å². The lowest BCUT2D eigenvalue weighted by Crippen LogP contribution is -2.42. The summed E-state index contributed by atoms with van der Waals surface area (Å²) in [5.41, 5.74) is 2.11. The van der Waals surface area contributed by atoms with Gasteiger partial charge >= 0.3 is 0 Å². The molecule has 2 aromatic carbocycles. The number of ketones is 1. The summed E-state index contributed by atoms with van der Waals surface area (Å²) in [7, 11) is -2.26. The molecule has 0 N–H and O–H groups in total. The molecule has 0 aliphatic heterocycles. The molecule has 0 saturated heterocycles. The van der Waals surface area contributed by atoms with Crippen molar-refractivity contribution in [1.29, 1.82) is 0 Å². The summed E-state index contributed by atoms with van der Waals surface area (Å²) >= 11 is 0. The predicted octanol–water partition coefficient (Wildman–Crippen LogP) is 9.73. The van der Waals surface area contributed by atoms with E-state index in [1.165, 1.54) is 0 Å². The highest BCUT2D eigenvalue weighted by Gasteiger charge is 2.42. The highest BCUT2D eigenvalue weighted by Crippen LogP contribution is 2.48. The Labute approximate surface area is 264 Å². The minimum absolute atomic E-state index is 0.0202. The van der Waals surface area contributed by atoms with Crippen molar-refractivity contribution in [2.45, 2.75) is 98.3 Å². The van der Waals surface area contributed by atoms with E-state index in [2.05, 4.69) is 40.8 Å². The Hall–Kier alpha value is -3.29. The van der Waals surface area contributed by atoms with E-state index in [0.29, 0.717) is 55.7 Å². The molecular formula is C37H50O6Si. The molecule has 4 rings (SSSR count). The lowest BCUT2D eigenvalue weighted by atomic mass is 9.79. The predicted molar refractivity (Wildman–Crippen MR) is 177 cm³/mol. The fourth-order valence-corrected chi connectivity index (χ4v) is 6.68. The SMILES string of the molecule is CCOC1=CC(=O)[C@H](CCC(O[Si](C)(C)C(C)(C)C)c2oc(C)c(OCc3ccccc3)c2OCc2ccccc2)[C@@H](C)C1. The van der Waals surface area contributed by atoms with Gasteiger partial charge in [0.05, 0.1) is 12.4 Å². The average molecular weight is 619 g/mol. The maximum Gasteiger partial charge on any atom is 0.206 e. The molecule has 3 atom stereocenters. The summed E-state index contributed by atoms with van der Waals surface area (Å²) in [6.07, 6.45) is 3.36. The van der Waals surface area contributed by atoms with Gasteiger partial charge in [-0.3, -0.25) is 4.79 Å². The lowest BCUT2D eigenvalue weighted by Gasteiger charge is -2.39. The summed E-state index contributed by atoms with van der Waals surface area (Å²) in [6, 6.07) is 20.2. The zero-order chi connectivity index (χ0) is 31.9. The molecule has 0 bridgehead atoms. The number of benzene rings is 2. The normalized spacial score (nSPS) is 18.1. The summed E-state index contributed by atoms with van der Waals surface area (Å²) in [5.74, 6) is 3.43. The average Bonchev–Trinajstić information content (AvgIpc) is 3.29. The van der Waals surface area contributed by atoms with Gasteiger partial charge in [-0.1, -0.05) is 88.4 Å². The Kier molecular flexibility index (Phi) is 11.2. The number of ether oxygens (including phenoxy) is 3. The second-order valence-corrected chi connectivity index (χ2v) is 18.2. The van der Waals surface area contributed by atoms with Gasteiger partial charge in [0.25, 0.3) is 0 Å². The maximum atomic E-state index is 13.2. The molecule has 7 heteroatoms. The number of carbonyl (C=O) groups excluding carboxylic acids is 1. The van der Waals surface area contributed by atoms with Crippen molar-refractivity contribution >= 4 is 14.1 Å². The van der Waals surface area contributed by atoms with E-state index < -0.39 is 14.4 Å². The van der Waals surface area contributed by atoms with Crippen LogP contribution in [0.5, 0.6) is 11.5 Å². The standard InChI is InChI=1S/C37H50O6Si/c1-9-39-30-22-26(2)31(32(38)23-30)20-21-33(43-44(7,8)37(4,5)6)35-36(41-25-29-18-14-11-15-19-29)34(27(3)42-35)40-24-28-16-12-10-13-17-28/h10-19,23,26,31,33H,9,20-22,24-25H2,1-8H3/t26-,31+,33?/m0/s1. The van der Waals surface area contributed by atoms with E-state index in [-0.39, 0.29) is 22.7 Å². The molecule has 3 aromatic rings. The maximum absolute atomic E-state index is 13.2. The Bertz CT molecular complexity index is 1390. The number of allylic oxidation sites excluding steroid dienone is 2. The minimum atomic E-state index is -2.26. The molecule has 1 aromatic heterocycles. The number of aryl methyl sites for hydroxylation is 1. The number of hydrogen-bond donors (Lipinski definition) is 0. The van der Waals surface area contributed by atoms with Gasteiger partial charge in [0.15, 0.2) is 19.9 Å². The summed E-state index contributed by atoms with van der Waals surface area (Å²) < 4.78 is 32.2. The first kappa shape index (κ1) is 33.6. The first-order chi connectivity index (χ1) is 20.9. The molecule has 238 valence electrons. The topological polar surface area (TPSA) is 67.1 Å². The van der Waals surface area contributed by atoms with Crippen LogP contribution in [0.4, 0.5) is 0 Å². The van der Waals surface area contributed by atoms with Gasteiger partial charge in [0.2, 0.25) is 11.5 Å². The third-order valence-electron chi connectivity index (χ3n) is 8.95. The number of rotatable bonds is 14. The first-order valence-electron chi connectivity index (χ1n) is 15.9. The molecule has 1 aliphatic rings. The second kappa shape index (κ2) is 14.7. The van der Waals surface area contributed by atoms with Crippen LogP contribution >= 0.6 is 0 Å². The molecule has 6 nitrogen and oxygen atoms in total. The molecule has 1 unspecified atom stereocenters. The van der Waals surface area contributed by atoms with Crippen molar-refractivity contribution < 1.29 is 27.8 Å². The van der Waals surface area contributed by atoms with Gasteiger partial charge in [0.1, 0.15) is 25.1 Å². The molecule has 0 saturated carbocycles. The number of hydrogen-bond acceptors (Lipinski definition) is 6. The summed E-state index contributed by atoms with van der Waals surface area (Å²) in [5, 5.41) is -0.0202. The van der Waals surface area contributed by atoms with E-state index in [1.807, 2.05) is 74.5 Å².